The zero-order chi connectivity index (χ0) is 21.2. The largest absolute Gasteiger partial charge is 0.396 e. The van der Waals surface area contributed by atoms with E-state index in [2.05, 4.69) is 31.5 Å². The van der Waals surface area contributed by atoms with Crippen LogP contribution < -0.4 is 16.4 Å². The van der Waals surface area contributed by atoms with Gasteiger partial charge in [-0.05, 0) is 25.8 Å². The van der Waals surface area contributed by atoms with Crippen LogP contribution in [0.5, 0.6) is 0 Å². The molecule has 0 saturated carbocycles. The number of aliphatic imine (C=N–C) groups is 1. The third-order valence-electron chi connectivity index (χ3n) is 4.22. The highest BCUT2D eigenvalue weighted by Gasteiger charge is 2.16. The van der Waals surface area contributed by atoms with Crippen LogP contribution in [0.15, 0.2) is 11.3 Å². The van der Waals surface area contributed by atoms with Gasteiger partial charge >= 0.3 is 0 Å². The van der Waals surface area contributed by atoms with Crippen LogP contribution in [0, 0.1) is 12.3 Å². The van der Waals surface area contributed by atoms with E-state index >= 15 is 0 Å². The van der Waals surface area contributed by atoms with Crippen LogP contribution in [-0.4, -0.2) is 72.1 Å². The predicted molar refractivity (Wildman–Crippen MR) is 115 cm³/mol. The van der Waals surface area contributed by atoms with Crippen LogP contribution in [0.3, 0.4) is 0 Å². The number of aliphatic hydroxyl groups excluding tert-OH is 2. The number of hydrogen-bond acceptors (Lipinski definition) is 8. The summed E-state index contributed by atoms with van der Waals surface area (Å²) in [7, 11) is 0. The van der Waals surface area contributed by atoms with Crippen molar-refractivity contribution in [2.45, 2.75) is 44.6 Å². The Morgan fingerprint density at radius 3 is 2.69 bits per heavy atom. The second-order valence-corrected chi connectivity index (χ2v) is 6.45. The van der Waals surface area contributed by atoms with E-state index in [0.29, 0.717) is 36.6 Å². The van der Waals surface area contributed by atoms with Crippen LogP contribution in [-0.2, 0) is 11.2 Å². The van der Waals surface area contributed by atoms with Crippen molar-refractivity contribution in [3.8, 4) is 12.3 Å². The molecule has 0 bridgehead atoms. The fourth-order valence-corrected chi connectivity index (χ4v) is 2.82. The Morgan fingerprint density at radius 1 is 1.21 bits per heavy atom. The molecule has 0 aliphatic heterocycles. The van der Waals surface area contributed by atoms with Crippen molar-refractivity contribution in [2.24, 2.45) is 10.7 Å². The summed E-state index contributed by atoms with van der Waals surface area (Å²) >= 11 is 0. The monoisotopic (exact) mass is 406 g/mol. The maximum atomic E-state index is 9.24. The molecular weight excluding hydrogens is 372 g/mol. The molecule has 0 aliphatic rings. The van der Waals surface area contributed by atoms with Gasteiger partial charge in [-0.15, -0.1) is 6.42 Å². The first-order valence-corrected chi connectivity index (χ1v) is 10.1. The van der Waals surface area contributed by atoms with Crippen molar-refractivity contribution in [3.63, 3.8) is 0 Å². The van der Waals surface area contributed by atoms with Crippen molar-refractivity contribution in [3.05, 3.63) is 12.0 Å². The minimum Gasteiger partial charge on any atom is -0.396 e. The molecule has 0 radical (unpaired) electrons. The summed E-state index contributed by atoms with van der Waals surface area (Å²) in [6.07, 6.45) is 12.8. The molecule has 29 heavy (non-hydrogen) atoms. The Labute approximate surface area is 173 Å². The Balaban J connectivity index is 2.58. The van der Waals surface area contributed by atoms with Gasteiger partial charge in [0.1, 0.15) is 12.0 Å². The predicted octanol–water partition coefficient (Wildman–Crippen LogP) is 0.593. The van der Waals surface area contributed by atoms with Crippen LogP contribution in [0.25, 0.3) is 0 Å². The van der Waals surface area contributed by atoms with Crippen molar-refractivity contribution < 1.29 is 14.9 Å². The number of terminal acetylenes is 1. The fourth-order valence-electron chi connectivity index (χ4n) is 2.82. The normalized spacial score (nSPS) is 12.2. The maximum absolute atomic E-state index is 9.24. The van der Waals surface area contributed by atoms with E-state index in [1.807, 2.05) is 0 Å². The number of aromatic nitrogens is 2. The average molecular weight is 407 g/mol. The molecule has 0 aliphatic carbocycles. The summed E-state index contributed by atoms with van der Waals surface area (Å²) in [6.45, 7) is 2.44. The lowest BCUT2D eigenvalue weighted by molar-refractivity contribution is 0.0152. The van der Waals surface area contributed by atoms with Gasteiger partial charge in [0.05, 0.1) is 37.9 Å². The van der Waals surface area contributed by atoms with E-state index in [9.17, 15) is 5.11 Å². The second kappa shape index (κ2) is 16.7. The SMILES string of the molecule is C#CCNCCCCCCNc1ncnc(CC(CCO)OCCO)c1N=CN. The van der Waals surface area contributed by atoms with Gasteiger partial charge in [-0.2, -0.15) is 0 Å². The second-order valence-electron chi connectivity index (χ2n) is 6.45. The Hall–Kier alpha value is -2.25. The minimum atomic E-state index is -0.273. The number of nitrogens with one attached hydrogen (secondary N) is 2. The number of nitrogens with zero attached hydrogens (tertiary/aromatic N) is 3. The van der Waals surface area contributed by atoms with Crippen LogP contribution in [0.1, 0.15) is 37.8 Å². The number of ether oxygens (including phenoxy) is 1. The van der Waals surface area contributed by atoms with Gasteiger partial charge in [-0.3, -0.25) is 0 Å². The van der Waals surface area contributed by atoms with Gasteiger partial charge in [-0.1, -0.05) is 18.8 Å². The lowest BCUT2D eigenvalue weighted by Crippen LogP contribution is -2.21. The molecule has 1 unspecified atom stereocenters. The highest BCUT2D eigenvalue weighted by atomic mass is 16.5. The molecule has 1 atom stereocenters. The number of aliphatic hydroxyl groups is 2. The topological polar surface area (TPSA) is 138 Å². The highest BCUT2D eigenvalue weighted by Crippen LogP contribution is 2.27. The summed E-state index contributed by atoms with van der Waals surface area (Å²) in [5.41, 5.74) is 6.77. The molecule has 1 heterocycles. The third-order valence-corrected chi connectivity index (χ3v) is 4.22. The van der Waals surface area contributed by atoms with Gasteiger partial charge in [0, 0.05) is 19.6 Å². The third kappa shape index (κ3) is 10.8. The first kappa shape index (κ1) is 24.8. The van der Waals surface area contributed by atoms with Gasteiger partial charge in [0.25, 0.3) is 0 Å². The zero-order valence-corrected chi connectivity index (χ0v) is 17.0. The number of rotatable bonds is 17. The molecule has 0 amide bonds. The Kier molecular flexibility index (Phi) is 14.3. The highest BCUT2D eigenvalue weighted by molar-refractivity contribution is 5.69. The number of anilines is 1. The number of unbranched alkanes of at least 4 members (excludes halogenated alkanes) is 3. The standard InChI is InChI=1S/C20H34N6O3/c1-2-8-22-9-5-3-4-6-10-23-20-19(24-15-21)18(25-16-26-20)14-17(7-11-27)29-13-12-28/h1,15-17,22,27-28H,3-14H2,(H2,21,24)(H,23,25,26). The lowest BCUT2D eigenvalue weighted by Gasteiger charge is -2.18. The van der Waals surface area contributed by atoms with E-state index in [1.54, 1.807) is 0 Å². The molecule has 9 heteroatoms. The number of hydrogen-bond donors (Lipinski definition) is 5. The Bertz CT molecular complexity index is 621. The fraction of sp³-hybridized carbons (Fsp3) is 0.650. The van der Waals surface area contributed by atoms with Gasteiger partial charge in [-0.25, -0.2) is 15.0 Å². The van der Waals surface area contributed by atoms with E-state index in [4.69, 9.17) is 22.0 Å². The Morgan fingerprint density at radius 2 is 2.00 bits per heavy atom. The summed E-state index contributed by atoms with van der Waals surface area (Å²) in [6, 6.07) is 0. The first-order valence-electron chi connectivity index (χ1n) is 10.1. The molecular formula is C20H34N6O3. The van der Waals surface area contributed by atoms with Crippen molar-refractivity contribution >= 4 is 17.8 Å². The molecule has 0 aromatic carbocycles. The van der Waals surface area contributed by atoms with Crippen LogP contribution in [0.2, 0.25) is 0 Å². The van der Waals surface area contributed by atoms with Crippen molar-refractivity contribution in [2.75, 3.05) is 44.8 Å². The smallest absolute Gasteiger partial charge is 0.155 e. The first-order chi connectivity index (χ1) is 14.3. The molecule has 6 N–H and O–H groups in total. The molecule has 0 fully saturated rings. The molecule has 0 spiro atoms. The summed E-state index contributed by atoms with van der Waals surface area (Å²) < 4.78 is 5.58. The zero-order valence-electron chi connectivity index (χ0n) is 17.0. The molecule has 0 saturated heterocycles. The molecule has 162 valence electrons. The quantitative estimate of drug-likeness (QED) is 0.110. The van der Waals surface area contributed by atoms with Gasteiger partial charge in [0.2, 0.25) is 0 Å². The van der Waals surface area contributed by atoms with Crippen molar-refractivity contribution in [1.82, 2.24) is 15.3 Å². The summed E-state index contributed by atoms with van der Waals surface area (Å²) in [5.74, 6) is 3.18. The molecule has 1 aromatic rings. The van der Waals surface area contributed by atoms with E-state index in [1.165, 1.54) is 12.7 Å². The number of nitrogens with two attached hydrogens (primary N) is 1. The van der Waals surface area contributed by atoms with Gasteiger partial charge in [0.15, 0.2) is 5.82 Å². The van der Waals surface area contributed by atoms with Crippen molar-refractivity contribution in [1.29, 1.82) is 0 Å². The van der Waals surface area contributed by atoms with E-state index < -0.39 is 0 Å². The van der Waals surface area contributed by atoms with Crippen LogP contribution >= 0.6 is 0 Å². The van der Waals surface area contributed by atoms with Crippen LogP contribution in [0.4, 0.5) is 11.5 Å². The molecule has 1 rings (SSSR count). The van der Waals surface area contributed by atoms with E-state index in [0.717, 1.165) is 38.8 Å². The minimum absolute atomic E-state index is 0.0139. The molecule has 1 aromatic heterocycles. The summed E-state index contributed by atoms with van der Waals surface area (Å²) in [5, 5.41) is 24.7. The molecule has 9 nitrogen and oxygen atoms in total. The van der Waals surface area contributed by atoms with Gasteiger partial charge < -0.3 is 31.3 Å². The maximum Gasteiger partial charge on any atom is 0.155 e. The summed E-state index contributed by atoms with van der Waals surface area (Å²) in [4.78, 5) is 12.8. The average Bonchev–Trinajstić information content (AvgIpc) is 2.73. The lowest BCUT2D eigenvalue weighted by atomic mass is 10.1. The van der Waals surface area contributed by atoms with E-state index in [-0.39, 0.29) is 25.9 Å².